The number of carbonyl (C=O) groups excluding carboxylic acids is 3. The van der Waals surface area contributed by atoms with Crippen LogP contribution in [0.4, 0.5) is 5.13 Å². The van der Waals surface area contributed by atoms with Gasteiger partial charge in [0.25, 0.3) is 5.91 Å². The Morgan fingerprint density at radius 2 is 1.96 bits per heavy atom. The van der Waals surface area contributed by atoms with Gasteiger partial charge in [-0.1, -0.05) is 37.3 Å². The van der Waals surface area contributed by atoms with E-state index >= 15 is 0 Å². The van der Waals surface area contributed by atoms with Gasteiger partial charge in [0.2, 0.25) is 5.91 Å². The Kier molecular flexibility index (Phi) is 6.08. The van der Waals surface area contributed by atoms with Crippen LogP contribution in [-0.2, 0) is 22.5 Å². The second-order valence-corrected chi connectivity index (χ2v) is 8.13. The molecular formula is C20H23N3O4S. The molecule has 0 unspecified atom stereocenters. The maximum atomic E-state index is 12.6. The van der Waals surface area contributed by atoms with Crippen molar-refractivity contribution < 1.29 is 19.1 Å². The van der Waals surface area contributed by atoms with Crippen molar-refractivity contribution in [2.24, 2.45) is 5.92 Å². The number of nitrogens with zero attached hydrogens (tertiary/aromatic N) is 2. The van der Waals surface area contributed by atoms with Crippen LogP contribution < -0.4 is 5.32 Å². The van der Waals surface area contributed by atoms with Crippen LogP contribution >= 0.6 is 11.3 Å². The number of aromatic nitrogens is 1. The first-order valence-electron chi connectivity index (χ1n) is 9.14. The summed E-state index contributed by atoms with van der Waals surface area (Å²) in [4.78, 5) is 44.2. The first-order chi connectivity index (χ1) is 13.4. The number of hydrogen-bond acceptors (Lipinski definition) is 6. The number of thiazole rings is 1. The predicted molar refractivity (Wildman–Crippen MR) is 106 cm³/mol. The van der Waals surface area contributed by atoms with Crippen LogP contribution in [0.5, 0.6) is 0 Å². The minimum Gasteiger partial charge on any atom is -0.465 e. The number of amides is 2. The molecule has 3 rings (SSSR count). The fourth-order valence-electron chi connectivity index (χ4n) is 3.07. The standard InChI is InChI=1S/C20H23N3O4S/c1-12(2)10-17(24)23-9-8-15-16(11-23)28-20(21-15)22-18(25)13-6-4-5-7-14(13)19(26)27-3/h4-7,12H,8-11H2,1-3H3,(H,21,22,25). The van der Waals surface area contributed by atoms with Gasteiger partial charge < -0.3 is 9.64 Å². The Labute approximate surface area is 167 Å². The summed E-state index contributed by atoms with van der Waals surface area (Å²) in [6.45, 7) is 5.22. The fraction of sp³-hybridized carbons (Fsp3) is 0.400. The van der Waals surface area contributed by atoms with Gasteiger partial charge in [0.15, 0.2) is 5.13 Å². The number of fused-ring (bicyclic) bond motifs is 1. The molecule has 148 valence electrons. The van der Waals surface area contributed by atoms with Gasteiger partial charge in [-0.15, -0.1) is 0 Å². The molecule has 0 saturated carbocycles. The monoisotopic (exact) mass is 401 g/mol. The van der Waals surface area contributed by atoms with Gasteiger partial charge >= 0.3 is 5.97 Å². The summed E-state index contributed by atoms with van der Waals surface area (Å²) in [6, 6.07) is 6.48. The summed E-state index contributed by atoms with van der Waals surface area (Å²) in [5, 5.41) is 3.23. The number of methoxy groups -OCH3 is 1. The van der Waals surface area contributed by atoms with E-state index in [4.69, 9.17) is 4.74 Å². The van der Waals surface area contributed by atoms with Gasteiger partial charge in [-0.2, -0.15) is 0 Å². The molecule has 7 nitrogen and oxygen atoms in total. The van der Waals surface area contributed by atoms with Crippen molar-refractivity contribution >= 4 is 34.3 Å². The zero-order chi connectivity index (χ0) is 20.3. The van der Waals surface area contributed by atoms with Crippen molar-refractivity contribution in [3.8, 4) is 0 Å². The third kappa shape index (κ3) is 4.39. The number of hydrogen-bond donors (Lipinski definition) is 1. The van der Waals surface area contributed by atoms with E-state index in [1.54, 1.807) is 24.3 Å². The molecule has 1 aromatic heterocycles. The van der Waals surface area contributed by atoms with Gasteiger partial charge in [-0.05, 0) is 18.1 Å². The highest BCUT2D eigenvalue weighted by molar-refractivity contribution is 7.15. The molecule has 0 saturated heterocycles. The van der Waals surface area contributed by atoms with Crippen LogP contribution in [0, 0.1) is 5.92 Å². The topological polar surface area (TPSA) is 88.6 Å². The van der Waals surface area contributed by atoms with Crippen LogP contribution in [0.2, 0.25) is 0 Å². The molecule has 1 N–H and O–H groups in total. The highest BCUT2D eigenvalue weighted by atomic mass is 32.1. The van der Waals surface area contributed by atoms with Crippen molar-refractivity contribution in [3.63, 3.8) is 0 Å². The van der Waals surface area contributed by atoms with E-state index in [-0.39, 0.29) is 17.0 Å². The summed E-state index contributed by atoms with van der Waals surface area (Å²) < 4.78 is 4.74. The maximum absolute atomic E-state index is 12.6. The number of ether oxygens (including phenoxy) is 1. The second kappa shape index (κ2) is 8.52. The molecule has 0 fully saturated rings. The summed E-state index contributed by atoms with van der Waals surface area (Å²) in [5.41, 5.74) is 1.35. The molecule has 0 bridgehead atoms. The SMILES string of the molecule is COC(=O)c1ccccc1C(=O)Nc1nc2c(s1)CN(C(=O)CC(C)C)CC2. The van der Waals surface area contributed by atoms with Crippen molar-refractivity contribution in [1.29, 1.82) is 0 Å². The van der Waals surface area contributed by atoms with E-state index < -0.39 is 11.9 Å². The van der Waals surface area contributed by atoms with Crippen molar-refractivity contribution in [1.82, 2.24) is 9.88 Å². The smallest absolute Gasteiger partial charge is 0.338 e. The van der Waals surface area contributed by atoms with E-state index in [0.717, 1.165) is 10.6 Å². The molecule has 8 heteroatoms. The highest BCUT2D eigenvalue weighted by Gasteiger charge is 2.25. The van der Waals surface area contributed by atoms with E-state index in [9.17, 15) is 14.4 Å². The molecule has 2 heterocycles. The largest absolute Gasteiger partial charge is 0.465 e. The summed E-state index contributed by atoms with van der Waals surface area (Å²) >= 11 is 1.37. The van der Waals surface area contributed by atoms with E-state index in [1.807, 2.05) is 18.7 Å². The van der Waals surface area contributed by atoms with E-state index in [1.165, 1.54) is 18.4 Å². The van der Waals surface area contributed by atoms with Crippen LogP contribution in [0.3, 0.4) is 0 Å². The Bertz CT molecular complexity index is 907. The summed E-state index contributed by atoms with van der Waals surface area (Å²) in [6.07, 6.45) is 1.20. The lowest BCUT2D eigenvalue weighted by atomic mass is 10.1. The number of carbonyl (C=O) groups is 3. The summed E-state index contributed by atoms with van der Waals surface area (Å²) in [7, 11) is 1.28. The van der Waals surface area contributed by atoms with Crippen LogP contribution in [-0.4, -0.2) is 41.3 Å². The first kappa shape index (κ1) is 20.0. The molecular weight excluding hydrogens is 378 g/mol. The van der Waals surface area contributed by atoms with Gasteiger partial charge in [0.05, 0.1) is 30.5 Å². The molecule has 1 aliphatic rings. The highest BCUT2D eigenvalue weighted by Crippen LogP contribution is 2.29. The number of benzene rings is 1. The average Bonchev–Trinajstić information content (AvgIpc) is 3.08. The average molecular weight is 401 g/mol. The van der Waals surface area contributed by atoms with E-state index in [2.05, 4.69) is 10.3 Å². The van der Waals surface area contributed by atoms with Crippen molar-refractivity contribution in [3.05, 3.63) is 46.0 Å². The lowest BCUT2D eigenvalue weighted by Gasteiger charge is -2.26. The molecule has 1 aliphatic heterocycles. The molecule has 0 atom stereocenters. The molecule has 0 aliphatic carbocycles. The predicted octanol–water partition coefficient (Wildman–Crippen LogP) is 3.11. The molecule has 0 spiro atoms. The van der Waals surface area contributed by atoms with Crippen molar-refractivity contribution in [2.75, 3.05) is 19.0 Å². The third-order valence-corrected chi connectivity index (χ3v) is 5.46. The lowest BCUT2D eigenvalue weighted by molar-refractivity contribution is -0.132. The van der Waals surface area contributed by atoms with Gasteiger partial charge in [-0.25, -0.2) is 9.78 Å². The van der Waals surface area contributed by atoms with Gasteiger partial charge in [-0.3, -0.25) is 14.9 Å². The minimum atomic E-state index is -0.566. The van der Waals surface area contributed by atoms with Gasteiger partial charge in [0.1, 0.15) is 0 Å². The third-order valence-electron chi connectivity index (χ3n) is 4.46. The first-order valence-corrected chi connectivity index (χ1v) is 9.95. The quantitative estimate of drug-likeness (QED) is 0.778. The number of rotatable bonds is 5. The zero-order valence-corrected chi connectivity index (χ0v) is 17.0. The van der Waals surface area contributed by atoms with Crippen LogP contribution in [0.15, 0.2) is 24.3 Å². The van der Waals surface area contributed by atoms with Crippen LogP contribution in [0.1, 0.15) is 51.6 Å². The molecule has 1 aromatic carbocycles. The Hall–Kier alpha value is -2.74. The van der Waals surface area contributed by atoms with Crippen LogP contribution in [0.25, 0.3) is 0 Å². The molecule has 2 aromatic rings. The van der Waals surface area contributed by atoms with Crippen molar-refractivity contribution in [2.45, 2.75) is 33.2 Å². The minimum absolute atomic E-state index is 0.145. The Morgan fingerprint density at radius 3 is 2.64 bits per heavy atom. The maximum Gasteiger partial charge on any atom is 0.338 e. The molecule has 2 amide bonds. The number of esters is 1. The number of anilines is 1. The van der Waals surface area contributed by atoms with E-state index in [0.29, 0.717) is 37.0 Å². The molecule has 28 heavy (non-hydrogen) atoms. The lowest BCUT2D eigenvalue weighted by Crippen LogP contribution is -2.36. The molecule has 0 radical (unpaired) electrons. The zero-order valence-electron chi connectivity index (χ0n) is 16.2. The second-order valence-electron chi connectivity index (χ2n) is 7.04. The summed E-state index contributed by atoms with van der Waals surface area (Å²) in [5.74, 6) is -0.518. The van der Waals surface area contributed by atoms with Gasteiger partial charge in [0, 0.05) is 24.3 Å². The number of nitrogens with one attached hydrogen (secondary N) is 1. The fourth-order valence-corrected chi connectivity index (χ4v) is 4.09. The normalized spacial score (nSPS) is 13.2. The Morgan fingerprint density at radius 1 is 1.25 bits per heavy atom. The Balaban J connectivity index is 1.73.